The van der Waals surface area contributed by atoms with E-state index in [-0.39, 0.29) is 0 Å². The highest BCUT2D eigenvalue weighted by molar-refractivity contribution is 6.28. The van der Waals surface area contributed by atoms with E-state index in [9.17, 15) is 0 Å². The molecule has 0 aliphatic rings. The molecule has 0 unspecified atom stereocenters. The molecule has 0 aliphatic carbocycles. The van der Waals surface area contributed by atoms with E-state index in [4.69, 9.17) is 0 Å². The van der Waals surface area contributed by atoms with Crippen molar-refractivity contribution in [3.05, 3.63) is 461 Å². The normalized spacial score (nSPS) is 11.9. The summed E-state index contributed by atoms with van der Waals surface area (Å²) in [6.45, 7) is 0. The topological polar surface area (TPSA) is 19.7 Å². The molecule has 22 aromatic carbocycles. The molecule has 4 aromatic heterocycles. The zero-order valence-corrected chi connectivity index (χ0v) is 67.7. The Kier molecular flexibility index (Phi) is 16.3. The summed E-state index contributed by atoms with van der Waals surface area (Å²) in [6.07, 6.45) is 0. The van der Waals surface area contributed by atoms with Gasteiger partial charge in [-0.25, -0.2) is 0 Å². The summed E-state index contributed by atoms with van der Waals surface area (Å²) in [7, 11) is 0. The molecule has 0 aliphatic heterocycles. The average molecular weight is 1570 g/mol. The molecule has 4 nitrogen and oxygen atoms in total. The molecular weight excluding hydrogens is 1500 g/mol. The average Bonchev–Trinajstić information content (AvgIpc) is 1.40. The Morgan fingerprint density at radius 3 is 0.540 bits per heavy atom. The Morgan fingerprint density at radius 2 is 0.266 bits per heavy atom. The standard InChI is InChI=1S/C66H42N2.C54H34N2/c1-3-19-51(20-4-1)67-63-27-11-9-25-57(63)59-35-31-49(41-65(59)67)45-17-13-15-43(37-45)47-29-33-55-56-34-30-48(40-62(56)54-24-8-7-23-53(54)61(55)39-47)44-16-14-18-46(38-44)50-32-36-60-58-26-10-12-28-64(58)68(66(60)42-50)52-21-5-2-6-22-52;1-2-12-42-41(11-1)49-33-37(35-21-27-39(28-22-35)55-51-17-7-3-13-45(51)46-14-4-8-18-52(46)55)25-31-43(49)44-32-26-38(34-50(42)44)36-23-29-40(30-24-36)56-53-19-9-5-15-47(53)48-16-6-10-20-54(48)56/h1-42H;1-34H. The summed E-state index contributed by atoms with van der Waals surface area (Å²) in [5, 5.41) is 25.4. The molecule has 0 atom stereocenters. The van der Waals surface area contributed by atoms with Crippen LogP contribution in [0.5, 0.6) is 0 Å². The predicted molar refractivity (Wildman–Crippen MR) is 528 cm³/mol. The smallest absolute Gasteiger partial charge is 0.0547 e. The number of rotatable bonds is 10. The van der Waals surface area contributed by atoms with Crippen LogP contribution in [0.4, 0.5) is 0 Å². The molecule has 26 rings (SSSR count). The Bertz CT molecular complexity index is 8180. The summed E-state index contributed by atoms with van der Waals surface area (Å²) < 4.78 is 9.54. The highest BCUT2D eigenvalue weighted by atomic mass is 15.0. The lowest BCUT2D eigenvalue weighted by Crippen LogP contribution is -1.93. The van der Waals surface area contributed by atoms with E-state index in [1.54, 1.807) is 0 Å². The maximum absolute atomic E-state index is 2.40. The monoisotopic (exact) mass is 1570 g/mol. The van der Waals surface area contributed by atoms with Crippen LogP contribution in [0.2, 0.25) is 0 Å². The minimum atomic E-state index is 1.17. The van der Waals surface area contributed by atoms with Gasteiger partial charge in [-0.2, -0.15) is 0 Å². The van der Waals surface area contributed by atoms with Gasteiger partial charge in [-0.05, 0) is 265 Å². The quantitative estimate of drug-likeness (QED) is 0.122. The van der Waals surface area contributed by atoms with Crippen LogP contribution in [0, 0.1) is 0 Å². The van der Waals surface area contributed by atoms with Gasteiger partial charge in [-0.3, -0.25) is 0 Å². The molecular formula is C120H76N4. The van der Waals surface area contributed by atoms with Crippen molar-refractivity contribution >= 4 is 152 Å². The lowest BCUT2D eigenvalue weighted by molar-refractivity contribution is 1.18. The second-order valence-electron chi connectivity index (χ2n) is 33.0. The maximum atomic E-state index is 2.40. The van der Waals surface area contributed by atoms with Crippen molar-refractivity contribution in [1.82, 2.24) is 18.3 Å². The molecule has 4 heteroatoms. The minimum absolute atomic E-state index is 1.17. The molecule has 4 heterocycles. The Hall–Kier alpha value is -16.4. The Labute approximate surface area is 715 Å². The van der Waals surface area contributed by atoms with Crippen molar-refractivity contribution < 1.29 is 0 Å². The van der Waals surface area contributed by atoms with Crippen LogP contribution in [0.1, 0.15) is 0 Å². The summed E-state index contributed by atoms with van der Waals surface area (Å²) in [6, 6.07) is 169. The van der Waals surface area contributed by atoms with E-state index >= 15 is 0 Å². The fourth-order valence-electron chi connectivity index (χ4n) is 20.4. The largest absolute Gasteiger partial charge is 0.309 e. The SMILES string of the molecule is c1ccc(-n2c3ccccc3c3ccc(-c4cccc(-c5ccc6c7ccc(-c8cccc(-c9ccc%10c%11ccccc%11n(-c%11ccccc%11)c%10c9)c8)cc7c7ccccc7c6c5)c4)cc32)cc1.c1ccc2c(c1)c1cc(-c3ccc(-n4c5ccccc5c5ccccc54)cc3)ccc1c1ccc(-c3ccc(-n4c5ccccc5c5ccccc54)cc3)cc21. The fourth-order valence-corrected chi connectivity index (χ4v) is 20.4. The number of fused-ring (bicyclic) bond motifs is 24. The van der Waals surface area contributed by atoms with E-state index < -0.39 is 0 Å². The van der Waals surface area contributed by atoms with Crippen LogP contribution in [-0.4, -0.2) is 18.3 Å². The summed E-state index contributed by atoms with van der Waals surface area (Å²) >= 11 is 0. The first-order valence-electron chi connectivity index (χ1n) is 42.8. The van der Waals surface area contributed by atoms with E-state index in [1.165, 1.54) is 241 Å². The molecule has 0 saturated carbocycles. The first-order valence-corrected chi connectivity index (χ1v) is 42.8. The van der Waals surface area contributed by atoms with E-state index in [0.717, 1.165) is 0 Å². The highest BCUT2D eigenvalue weighted by Crippen LogP contribution is 2.46. The second-order valence-corrected chi connectivity index (χ2v) is 33.0. The van der Waals surface area contributed by atoms with Gasteiger partial charge in [0.2, 0.25) is 0 Å². The van der Waals surface area contributed by atoms with Crippen molar-refractivity contribution in [3.8, 4) is 89.5 Å². The van der Waals surface area contributed by atoms with Gasteiger partial charge in [-0.1, -0.05) is 328 Å². The summed E-state index contributed by atoms with van der Waals surface area (Å²) in [4.78, 5) is 0. The third-order valence-electron chi connectivity index (χ3n) is 26.2. The molecule has 0 bridgehead atoms. The number of nitrogens with zero attached hydrogens (tertiary/aromatic N) is 4. The molecule has 0 saturated heterocycles. The minimum Gasteiger partial charge on any atom is -0.309 e. The third-order valence-corrected chi connectivity index (χ3v) is 26.2. The first kappa shape index (κ1) is 70.6. The third kappa shape index (κ3) is 11.5. The fraction of sp³-hybridized carbons (Fsp3) is 0. The number of para-hydroxylation sites is 8. The van der Waals surface area contributed by atoms with Gasteiger partial charge in [0.05, 0.1) is 44.1 Å². The van der Waals surface area contributed by atoms with Crippen LogP contribution >= 0.6 is 0 Å². The van der Waals surface area contributed by atoms with Gasteiger partial charge in [0, 0.05) is 65.8 Å². The zero-order chi connectivity index (χ0) is 81.5. The Morgan fingerprint density at radius 1 is 0.0887 bits per heavy atom. The predicted octanol–water partition coefficient (Wildman–Crippen LogP) is 32.7. The van der Waals surface area contributed by atoms with Crippen molar-refractivity contribution in [2.75, 3.05) is 0 Å². The lowest BCUT2D eigenvalue weighted by atomic mass is 9.89. The van der Waals surface area contributed by atoms with Gasteiger partial charge in [0.25, 0.3) is 0 Å². The molecule has 26 aromatic rings. The molecule has 124 heavy (non-hydrogen) atoms. The van der Waals surface area contributed by atoms with Crippen molar-refractivity contribution in [2.45, 2.75) is 0 Å². The molecule has 0 amide bonds. The number of hydrogen-bond acceptors (Lipinski definition) is 0. The van der Waals surface area contributed by atoms with Crippen molar-refractivity contribution in [3.63, 3.8) is 0 Å². The lowest BCUT2D eigenvalue weighted by Gasteiger charge is -2.14. The van der Waals surface area contributed by atoms with E-state index in [0.29, 0.717) is 0 Å². The van der Waals surface area contributed by atoms with Crippen LogP contribution < -0.4 is 0 Å². The number of aromatic nitrogens is 4. The van der Waals surface area contributed by atoms with E-state index in [2.05, 4.69) is 479 Å². The summed E-state index contributed by atoms with van der Waals surface area (Å²) in [5.74, 6) is 0. The van der Waals surface area contributed by atoms with E-state index in [1.807, 2.05) is 0 Å². The maximum Gasteiger partial charge on any atom is 0.0547 e. The van der Waals surface area contributed by atoms with Crippen molar-refractivity contribution in [2.24, 2.45) is 0 Å². The van der Waals surface area contributed by atoms with Gasteiger partial charge >= 0.3 is 0 Å². The van der Waals surface area contributed by atoms with Crippen LogP contribution in [0.3, 0.4) is 0 Å². The molecule has 0 N–H and O–H groups in total. The Balaban J connectivity index is 0.000000138. The van der Waals surface area contributed by atoms with Gasteiger partial charge in [-0.15, -0.1) is 0 Å². The van der Waals surface area contributed by atoms with Gasteiger partial charge in [0.15, 0.2) is 0 Å². The second kappa shape index (κ2) is 28.7. The molecule has 576 valence electrons. The van der Waals surface area contributed by atoms with Crippen molar-refractivity contribution in [1.29, 1.82) is 0 Å². The first-order chi connectivity index (χ1) is 61.5. The number of hydrogen-bond donors (Lipinski definition) is 0. The van der Waals surface area contributed by atoms with Crippen LogP contribution in [-0.2, 0) is 0 Å². The van der Waals surface area contributed by atoms with Gasteiger partial charge in [0.1, 0.15) is 0 Å². The molecule has 0 radical (unpaired) electrons. The van der Waals surface area contributed by atoms with Crippen LogP contribution in [0.25, 0.3) is 241 Å². The molecule has 0 spiro atoms. The van der Waals surface area contributed by atoms with Gasteiger partial charge < -0.3 is 18.3 Å². The highest BCUT2D eigenvalue weighted by Gasteiger charge is 2.21. The number of benzene rings is 22. The molecule has 0 fully saturated rings. The summed E-state index contributed by atoms with van der Waals surface area (Å²) in [5.41, 5.74) is 28.9. The zero-order valence-electron chi connectivity index (χ0n) is 67.7. The van der Waals surface area contributed by atoms with Crippen LogP contribution in [0.15, 0.2) is 461 Å².